The standard InChI is InChI=1S/C27H29F7N2O2/c1-15(18-11-19(26(29,30)31)13-20(12-18)27(32,33)34)38-23-9-6-17(14-36-10-2-3-22(36)25(35)37)24(23)16-4-7-21(28)8-5-16/h4-5,7-8,11-13,15,17,22-24H,2-3,6,9-10,14H2,1H3,(H2,35,37)/t15-,17?,22-,23?,24?/m0/s1. The Labute approximate surface area is 215 Å². The summed E-state index contributed by atoms with van der Waals surface area (Å²) >= 11 is 0. The second kappa shape index (κ2) is 10.8. The van der Waals surface area contributed by atoms with Crippen LogP contribution in [-0.4, -0.2) is 36.0 Å². The van der Waals surface area contributed by atoms with Gasteiger partial charge in [0.25, 0.3) is 0 Å². The molecule has 1 saturated carbocycles. The molecule has 0 bridgehead atoms. The van der Waals surface area contributed by atoms with Gasteiger partial charge in [-0.15, -0.1) is 0 Å². The van der Waals surface area contributed by atoms with Crippen LogP contribution in [0.4, 0.5) is 30.7 Å². The first-order chi connectivity index (χ1) is 17.7. The maximum Gasteiger partial charge on any atom is 0.416 e. The molecule has 1 aliphatic heterocycles. The number of benzene rings is 2. The van der Waals surface area contributed by atoms with Crippen molar-refractivity contribution in [3.8, 4) is 0 Å². The van der Waals surface area contributed by atoms with Crippen LogP contribution in [0, 0.1) is 11.7 Å². The Morgan fingerprint density at radius 1 is 1.00 bits per heavy atom. The number of hydrogen-bond donors (Lipinski definition) is 1. The molecule has 4 rings (SSSR count). The molecular formula is C27H29F7N2O2. The van der Waals surface area contributed by atoms with Crippen LogP contribution in [0.2, 0.25) is 0 Å². The van der Waals surface area contributed by atoms with Gasteiger partial charge in [0.05, 0.1) is 29.4 Å². The molecule has 2 fully saturated rings. The number of primary amides is 1. The summed E-state index contributed by atoms with van der Waals surface area (Å²) in [6.45, 7) is 2.63. The Kier molecular flexibility index (Phi) is 8.09. The molecule has 3 unspecified atom stereocenters. The van der Waals surface area contributed by atoms with E-state index in [9.17, 15) is 35.5 Å². The predicted molar refractivity (Wildman–Crippen MR) is 125 cm³/mol. The lowest BCUT2D eigenvalue weighted by Gasteiger charge is -2.32. The second-order valence-corrected chi connectivity index (χ2v) is 10.1. The number of alkyl halides is 6. The van der Waals surface area contributed by atoms with E-state index in [1.807, 2.05) is 4.90 Å². The van der Waals surface area contributed by atoms with E-state index in [0.29, 0.717) is 44.5 Å². The largest absolute Gasteiger partial charge is 0.416 e. The van der Waals surface area contributed by atoms with Crippen LogP contribution < -0.4 is 5.73 Å². The zero-order valence-corrected chi connectivity index (χ0v) is 20.7. The minimum Gasteiger partial charge on any atom is -0.370 e. The molecule has 38 heavy (non-hydrogen) atoms. The Morgan fingerprint density at radius 3 is 2.16 bits per heavy atom. The summed E-state index contributed by atoms with van der Waals surface area (Å²) in [5.74, 6) is -1.19. The van der Waals surface area contributed by atoms with E-state index in [0.717, 1.165) is 12.0 Å². The van der Waals surface area contributed by atoms with Crippen LogP contribution in [0.1, 0.15) is 66.9 Å². The smallest absolute Gasteiger partial charge is 0.370 e. The van der Waals surface area contributed by atoms with Gasteiger partial charge in [0.1, 0.15) is 5.82 Å². The summed E-state index contributed by atoms with van der Waals surface area (Å²) < 4.78 is 100. The van der Waals surface area contributed by atoms with Gasteiger partial charge in [0, 0.05) is 12.5 Å². The maximum atomic E-state index is 13.7. The van der Waals surface area contributed by atoms with Crippen molar-refractivity contribution in [2.45, 2.75) is 69.1 Å². The third-order valence-corrected chi connectivity index (χ3v) is 7.60. The molecule has 1 saturated heterocycles. The highest BCUT2D eigenvalue weighted by molar-refractivity contribution is 5.80. The van der Waals surface area contributed by atoms with Gasteiger partial charge in [-0.2, -0.15) is 26.3 Å². The van der Waals surface area contributed by atoms with Crippen LogP contribution in [0.25, 0.3) is 0 Å². The predicted octanol–water partition coefficient (Wildman–Crippen LogP) is 6.45. The summed E-state index contributed by atoms with van der Waals surface area (Å²) in [6.07, 6.45) is -8.93. The minimum absolute atomic E-state index is 0.0372. The number of hydrogen-bond acceptors (Lipinski definition) is 3. The lowest BCUT2D eigenvalue weighted by atomic mass is 9.86. The fourth-order valence-electron chi connectivity index (χ4n) is 5.79. The van der Waals surface area contributed by atoms with Crippen molar-refractivity contribution in [1.29, 1.82) is 0 Å². The fourth-order valence-corrected chi connectivity index (χ4v) is 5.79. The quantitative estimate of drug-likeness (QED) is 0.406. The van der Waals surface area contributed by atoms with Gasteiger partial charge in [-0.3, -0.25) is 9.69 Å². The molecule has 2 aromatic rings. The van der Waals surface area contributed by atoms with Gasteiger partial charge in [0.15, 0.2) is 0 Å². The third-order valence-electron chi connectivity index (χ3n) is 7.60. The number of ether oxygens (including phenoxy) is 1. The summed E-state index contributed by atoms with van der Waals surface area (Å²) in [5, 5.41) is 0. The number of likely N-dealkylation sites (tertiary alicyclic amines) is 1. The molecule has 0 radical (unpaired) electrons. The van der Waals surface area contributed by atoms with E-state index in [2.05, 4.69) is 0 Å². The second-order valence-electron chi connectivity index (χ2n) is 10.1. The van der Waals surface area contributed by atoms with Gasteiger partial charge >= 0.3 is 12.4 Å². The first kappa shape index (κ1) is 28.4. The van der Waals surface area contributed by atoms with E-state index in [1.54, 1.807) is 12.1 Å². The number of carbonyl (C=O) groups is 1. The minimum atomic E-state index is -4.96. The van der Waals surface area contributed by atoms with Crippen molar-refractivity contribution < 1.29 is 40.3 Å². The lowest BCUT2D eigenvalue weighted by molar-refractivity contribution is -0.143. The molecule has 0 aromatic heterocycles. The molecule has 2 N–H and O–H groups in total. The Bertz CT molecular complexity index is 1100. The topological polar surface area (TPSA) is 55.6 Å². The van der Waals surface area contributed by atoms with Crippen molar-refractivity contribution in [3.05, 3.63) is 70.5 Å². The zero-order valence-electron chi connectivity index (χ0n) is 20.7. The molecule has 1 heterocycles. The number of nitrogens with zero attached hydrogens (tertiary/aromatic N) is 1. The molecule has 4 nitrogen and oxygen atoms in total. The van der Waals surface area contributed by atoms with E-state index in [-0.39, 0.29) is 23.5 Å². The molecule has 208 valence electrons. The van der Waals surface area contributed by atoms with Gasteiger partial charge in [-0.1, -0.05) is 12.1 Å². The van der Waals surface area contributed by atoms with Crippen molar-refractivity contribution >= 4 is 5.91 Å². The van der Waals surface area contributed by atoms with E-state index >= 15 is 0 Å². The normalized spacial score (nSPS) is 25.6. The number of amides is 1. The number of nitrogens with two attached hydrogens (primary N) is 1. The zero-order chi connectivity index (χ0) is 27.8. The van der Waals surface area contributed by atoms with Crippen molar-refractivity contribution in [1.82, 2.24) is 4.90 Å². The van der Waals surface area contributed by atoms with Crippen molar-refractivity contribution in [2.75, 3.05) is 13.1 Å². The number of rotatable bonds is 7. The van der Waals surface area contributed by atoms with Crippen LogP contribution in [0.5, 0.6) is 0 Å². The van der Waals surface area contributed by atoms with Crippen LogP contribution in [0.15, 0.2) is 42.5 Å². The van der Waals surface area contributed by atoms with E-state index < -0.39 is 53.5 Å². The summed E-state index contributed by atoms with van der Waals surface area (Å²) in [6, 6.07) is 6.89. The van der Waals surface area contributed by atoms with Gasteiger partial charge in [-0.05, 0) is 86.5 Å². The first-order valence-corrected chi connectivity index (χ1v) is 12.5. The highest BCUT2D eigenvalue weighted by Crippen LogP contribution is 2.45. The summed E-state index contributed by atoms with van der Waals surface area (Å²) in [5.41, 5.74) is 3.28. The van der Waals surface area contributed by atoms with Crippen LogP contribution in [0.3, 0.4) is 0 Å². The monoisotopic (exact) mass is 546 g/mol. The number of halogens is 7. The first-order valence-electron chi connectivity index (χ1n) is 12.5. The molecule has 1 amide bonds. The fraction of sp³-hybridized carbons (Fsp3) is 0.519. The molecule has 0 spiro atoms. The Balaban J connectivity index is 1.61. The average molecular weight is 547 g/mol. The van der Waals surface area contributed by atoms with Crippen LogP contribution in [-0.2, 0) is 21.9 Å². The van der Waals surface area contributed by atoms with Gasteiger partial charge < -0.3 is 10.5 Å². The lowest BCUT2D eigenvalue weighted by Crippen LogP contribution is -2.43. The highest BCUT2D eigenvalue weighted by Gasteiger charge is 2.42. The van der Waals surface area contributed by atoms with Crippen molar-refractivity contribution in [3.63, 3.8) is 0 Å². The van der Waals surface area contributed by atoms with Crippen LogP contribution >= 0.6 is 0 Å². The highest BCUT2D eigenvalue weighted by atomic mass is 19.4. The Morgan fingerprint density at radius 2 is 1.61 bits per heavy atom. The summed E-state index contributed by atoms with van der Waals surface area (Å²) in [4.78, 5) is 13.9. The maximum absolute atomic E-state index is 13.7. The van der Waals surface area contributed by atoms with Gasteiger partial charge in [0.2, 0.25) is 5.91 Å². The molecule has 2 aromatic carbocycles. The van der Waals surface area contributed by atoms with Crippen molar-refractivity contribution in [2.24, 2.45) is 11.7 Å². The van der Waals surface area contributed by atoms with E-state index in [4.69, 9.17) is 10.5 Å². The molecular weight excluding hydrogens is 517 g/mol. The summed E-state index contributed by atoms with van der Waals surface area (Å²) in [7, 11) is 0. The molecule has 5 atom stereocenters. The SMILES string of the molecule is C[C@H](OC1CCC(CN2CCC[C@H]2C(N)=O)C1c1ccc(F)cc1)c1cc(C(F)(F)F)cc(C(F)(F)F)c1. The van der Waals surface area contributed by atoms with Gasteiger partial charge in [-0.25, -0.2) is 4.39 Å². The molecule has 1 aliphatic carbocycles. The Hall–Kier alpha value is -2.66. The number of carbonyl (C=O) groups excluding carboxylic acids is 1. The average Bonchev–Trinajstić information content (AvgIpc) is 3.46. The van der Waals surface area contributed by atoms with E-state index in [1.165, 1.54) is 19.1 Å². The molecule has 2 aliphatic rings. The molecule has 11 heteroatoms. The third kappa shape index (κ3) is 6.31.